The number of hydrogen-bond acceptors (Lipinski definition) is 3. The van der Waals surface area contributed by atoms with E-state index < -0.39 is 5.97 Å². The van der Waals surface area contributed by atoms with Crippen LogP contribution >= 0.6 is 12.4 Å². The molecule has 2 heterocycles. The number of piperidine rings is 1. The standard InChI is InChI=1S/C9H10O2.C8H15NO.ClH/c1-7-2-4-8(5-3-7)6-9(10)11;1-9-6-2-3-7(9)5-8(10)4-6;/h2-5H,6H2,1H3,(H,10,11);6-8,10H,2-5H2,1H3;1H/t;6-,7+,8?;. The minimum absolute atomic E-state index is 0. The van der Waals surface area contributed by atoms with Crippen molar-refractivity contribution >= 4 is 18.4 Å². The molecule has 0 radical (unpaired) electrons. The van der Waals surface area contributed by atoms with Gasteiger partial charge in [-0.15, -0.1) is 12.4 Å². The van der Waals surface area contributed by atoms with Gasteiger partial charge in [-0.1, -0.05) is 29.8 Å². The highest BCUT2D eigenvalue weighted by Crippen LogP contribution is 2.33. The van der Waals surface area contributed by atoms with Gasteiger partial charge in [0, 0.05) is 12.1 Å². The van der Waals surface area contributed by atoms with Crippen LogP contribution < -0.4 is 0 Å². The monoisotopic (exact) mass is 327 g/mol. The molecule has 1 unspecified atom stereocenters. The van der Waals surface area contributed by atoms with E-state index in [4.69, 9.17) is 5.11 Å². The van der Waals surface area contributed by atoms with E-state index >= 15 is 0 Å². The van der Waals surface area contributed by atoms with Gasteiger partial charge < -0.3 is 15.1 Å². The van der Waals surface area contributed by atoms with Crippen molar-refractivity contribution < 1.29 is 15.0 Å². The van der Waals surface area contributed by atoms with Crippen LogP contribution in [0.15, 0.2) is 24.3 Å². The van der Waals surface area contributed by atoms with Gasteiger partial charge in [0.1, 0.15) is 0 Å². The number of fused-ring (bicyclic) bond motifs is 2. The minimum Gasteiger partial charge on any atom is -0.481 e. The molecule has 0 aromatic heterocycles. The van der Waals surface area contributed by atoms with Gasteiger partial charge in [0.25, 0.3) is 0 Å². The first kappa shape index (κ1) is 18.9. The second-order valence-corrected chi connectivity index (χ2v) is 6.23. The fraction of sp³-hybridized carbons (Fsp3) is 0.588. The molecule has 2 bridgehead atoms. The van der Waals surface area contributed by atoms with Crippen LogP contribution in [-0.4, -0.2) is 46.3 Å². The number of aliphatic carboxylic acids is 1. The lowest BCUT2D eigenvalue weighted by Crippen LogP contribution is -2.41. The summed E-state index contributed by atoms with van der Waals surface area (Å²) < 4.78 is 0. The molecule has 124 valence electrons. The molecule has 2 aliphatic heterocycles. The smallest absolute Gasteiger partial charge is 0.307 e. The molecule has 4 nitrogen and oxygen atoms in total. The highest BCUT2D eigenvalue weighted by atomic mass is 35.5. The van der Waals surface area contributed by atoms with Crippen LogP contribution in [0.1, 0.15) is 36.8 Å². The van der Waals surface area contributed by atoms with Gasteiger partial charge in [0.15, 0.2) is 0 Å². The number of rotatable bonds is 2. The minimum atomic E-state index is -0.783. The second kappa shape index (κ2) is 8.51. The first-order chi connectivity index (χ1) is 9.95. The average Bonchev–Trinajstić information content (AvgIpc) is 2.64. The Hall–Kier alpha value is -1.10. The van der Waals surface area contributed by atoms with E-state index in [1.54, 1.807) is 0 Å². The number of aryl methyl sites for hydroxylation is 1. The topological polar surface area (TPSA) is 60.8 Å². The first-order valence-electron chi connectivity index (χ1n) is 7.63. The van der Waals surface area contributed by atoms with Gasteiger partial charge in [-0.25, -0.2) is 0 Å². The maximum Gasteiger partial charge on any atom is 0.307 e. The molecule has 1 aromatic carbocycles. The molecule has 22 heavy (non-hydrogen) atoms. The SMILES string of the molecule is CN1[C@@H]2CC[C@H]1CC(O)C2.Cc1ccc(CC(=O)O)cc1.Cl. The zero-order chi connectivity index (χ0) is 15.4. The molecule has 0 saturated carbocycles. The highest BCUT2D eigenvalue weighted by molar-refractivity contribution is 5.85. The van der Waals surface area contributed by atoms with Crippen molar-refractivity contribution in [2.45, 2.75) is 57.2 Å². The van der Waals surface area contributed by atoms with Crippen molar-refractivity contribution in [1.29, 1.82) is 0 Å². The van der Waals surface area contributed by atoms with Crippen molar-refractivity contribution in [3.63, 3.8) is 0 Å². The van der Waals surface area contributed by atoms with E-state index in [-0.39, 0.29) is 24.9 Å². The number of benzene rings is 1. The average molecular weight is 328 g/mol. The van der Waals surface area contributed by atoms with Crippen molar-refractivity contribution in [3.8, 4) is 0 Å². The van der Waals surface area contributed by atoms with Crippen LogP contribution in [0.3, 0.4) is 0 Å². The third-order valence-corrected chi connectivity index (χ3v) is 4.55. The lowest BCUT2D eigenvalue weighted by Gasteiger charge is -2.33. The Morgan fingerprint density at radius 3 is 2.14 bits per heavy atom. The summed E-state index contributed by atoms with van der Waals surface area (Å²) in [5.74, 6) is -0.783. The number of carboxylic acid groups (broad SMARTS) is 1. The predicted molar refractivity (Wildman–Crippen MR) is 89.6 cm³/mol. The molecule has 2 aliphatic rings. The third kappa shape index (κ3) is 5.27. The lowest BCUT2D eigenvalue weighted by molar-refractivity contribution is -0.136. The highest BCUT2D eigenvalue weighted by Gasteiger charge is 2.37. The molecule has 0 spiro atoms. The molecule has 1 aromatic rings. The van der Waals surface area contributed by atoms with Crippen LogP contribution in [-0.2, 0) is 11.2 Å². The number of aliphatic hydroxyl groups is 1. The molecular formula is C17H26ClNO3. The Kier molecular flexibility index (Phi) is 7.33. The maximum atomic E-state index is 10.3. The maximum absolute atomic E-state index is 10.3. The van der Waals surface area contributed by atoms with Crippen LogP contribution in [0.4, 0.5) is 0 Å². The summed E-state index contributed by atoms with van der Waals surface area (Å²) in [5.41, 5.74) is 2.00. The number of carboxylic acids is 1. The summed E-state index contributed by atoms with van der Waals surface area (Å²) in [6.07, 6.45) is 4.73. The molecule has 2 N–H and O–H groups in total. The summed E-state index contributed by atoms with van der Waals surface area (Å²) in [4.78, 5) is 12.7. The third-order valence-electron chi connectivity index (χ3n) is 4.55. The number of aliphatic hydroxyl groups excluding tert-OH is 1. The molecule has 2 saturated heterocycles. The molecule has 3 rings (SSSR count). The lowest BCUT2D eigenvalue weighted by atomic mass is 10.0. The van der Waals surface area contributed by atoms with E-state index in [1.165, 1.54) is 12.8 Å². The van der Waals surface area contributed by atoms with Crippen molar-refractivity contribution in [1.82, 2.24) is 4.90 Å². The molecule has 5 heteroatoms. The number of halogens is 1. The Morgan fingerprint density at radius 1 is 1.18 bits per heavy atom. The van der Waals surface area contributed by atoms with Crippen LogP contribution in [0.25, 0.3) is 0 Å². The Labute approximate surface area is 138 Å². The van der Waals surface area contributed by atoms with Gasteiger partial charge in [-0.05, 0) is 45.2 Å². The summed E-state index contributed by atoms with van der Waals surface area (Å²) in [5, 5.41) is 17.8. The van der Waals surface area contributed by atoms with E-state index in [9.17, 15) is 9.90 Å². The summed E-state index contributed by atoms with van der Waals surface area (Å²) in [7, 11) is 2.19. The molecular weight excluding hydrogens is 302 g/mol. The molecule has 0 aliphatic carbocycles. The normalized spacial score (nSPS) is 26.6. The first-order valence-corrected chi connectivity index (χ1v) is 7.63. The Bertz CT molecular complexity index is 463. The fourth-order valence-corrected chi connectivity index (χ4v) is 3.26. The van der Waals surface area contributed by atoms with Gasteiger partial charge >= 0.3 is 5.97 Å². The van der Waals surface area contributed by atoms with Gasteiger partial charge in [-0.3, -0.25) is 4.79 Å². The van der Waals surface area contributed by atoms with E-state index in [0.29, 0.717) is 12.1 Å². The van der Waals surface area contributed by atoms with Crippen molar-refractivity contribution in [3.05, 3.63) is 35.4 Å². The number of nitrogens with zero attached hydrogens (tertiary/aromatic N) is 1. The molecule has 3 atom stereocenters. The van der Waals surface area contributed by atoms with Crippen molar-refractivity contribution in [2.24, 2.45) is 0 Å². The fourth-order valence-electron chi connectivity index (χ4n) is 3.26. The Morgan fingerprint density at radius 2 is 1.68 bits per heavy atom. The molecule has 0 amide bonds. The summed E-state index contributed by atoms with van der Waals surface area (Å²) in [6, 6.07) is 8.88. The quantitative estimate of drug-likeness (QED) is 0.876. The second-order valence-electron chi connectivity index (χ2n) is 6.23. The predicted octanol–water partition coefficient (Wildman–Crippen LogP) is 2.65. The summed E-state index contributed by atoms with van der Waals surface area (Å²) >= 11 is 0. The van der Waals surface area contributed by atoms with Crippen LogP contribution in [0.5, 0.6) is 0 Å². The number of carbonyl (C=O) groups is 1. The van der Waals surface area contributed by atoms with E-state index in [2.05, 4.69) is 11.9 Å². The molecule has 2 fully saturated rings. The van der Waals surface area contributed by atoms with Crippen molar-refractivity contribution in [2.75, 3.05) is 7.05 Å². The Balaban J connectivity index is 0.000000211. The van der Waals surface area contributed by atoms with Crippen LogP contribution in [0, 0.1) is 6.92 Å². The van der Waals surface area contributed by atoms with Gasteiger partial charge in [0.05, 0.1) is 12.5 Å². The van der Waals surface area contributed by atoms with Crippen LogP contribution in [0.2, 0.25) is 0 Å². The zero-order valence-corrected chi connectivity index (χ0v) is 14.1. The van der Waals surface area contributed by atoms with E-state index in [1.807, 2.05) is 31.2 Å². The zero-order valence-electron chi connectivity index (χ0n) is 13.2. The van der Waals surface area contributed by atoms with Gasteiger partial charge in [0.2, 0.25) is 0 Å². The number of hydrogen-bond donors (Lipinski definition) is 2. The van der Waals surface area contributed by atoms with Gasteiger partial charge in [-0.2, -0.15) is 0 Å². The largest absolute Gasteiger partial charge is 0.481 e. The summed E-state index contributed by atoms with van der Waals surface area (Å²) in [6.45, 7) is 1.98. The van der Waals surface area contributed by atoms with E-state index in [0.717, 1.165) is 24.0 Å².